The smallest absolute Gasteiger partial charge is 0.221 e. The molecule has 0 radical (unpaired) electrons. The molecule has 0 saturated heterocycles. The van der Waals surface area contributed by atoms with E-state index in [0.717, 1.165) is 6.54 Å². The highest BCUT2D eigenvalue weighted by atomic mass is 32.2. The predicted molar refractivity (Wildman–Crippen MR) is 70.9 cm³/mol. The maximum Gasteiger partial charge on any atom is 0.221 e. The van der Waals surface area contributed by atoms with Gasteiger partial charge in [-0.3, -0.25) is 4.79 Å². The minimum atomic E-state index is 0.0624. The molecule has 0 aliphatic heterocycles. The molecule has 3 N–H and O–H groups in total. The number of rotatable bonds is 6. The highest BCUT2D eigenvalue weighted by molar-refractivity contribution is 8.01. The molecule has 92 valence electrons. The van der Waals surface area contributed by atoms with Crippen molar-refractivity contribution in [1.29, 1.82) is 0 Å². The van der Waals surface area contributed by atoms with Crippen LogP contribution in [0.25, 0.3) is 0 Å². The summed E-state index contributed by atoms with van der Waals surface area (Å²) in [6.45, 7) is 1.18. The summed E-state index contributed by atoms with van der Waals surface area (Å²) in [5.41, 5.74) is 5.34. The largest absolute Gasteiger partial charge is 0.355 e. The molecule has 1 aromatic carbocycles. The Morgan fingerprint density at radius 3 is 2.65 bits per heavy atom. The average molecular weight is 250 g/mol. The average Bonchev–Trinajstić information content (AvgIpc) is 3.09. The van der Waals surface area contributed by atoms with Crippen LogP contribution in [0.2, 0.25) is 0 Å². The van der Waals surface area contributed by atoms with Gasteiger partial charge in [0.2, 0.25) is 5.91 Å². The van der Waals surface area contributed by atoms with E-state index < -0.39 is 0 Å². The maximum absolute atomic E-state index is 11.4. The number of carbonyl (C=O) groups excluding carboxylic acids is 1. The lowest BCUT2D eigenvalue weighted by molar-refractivity contribution is -0.120. The summed E-state index contributed by atoms with van der Waals surface area (Å²) in [4.78, 5) is 12.6. The highest BCUT2D eigenvalue weighted by Crippen LogP contribution is 2.51. The Kier molecular flexibility index (Phi) is 4.07. The van der Waals surface area contributed by atoms with Crippen molar-refractivity contribution in [3.8, 4) is 0 Å². The molecule has 2 rings (SSSR count). The molecule has 1 aromatic rings. The molecule has 0 unspecified atom stereocenters. The van der Waals surface area contributed by atoms with E-state index in [4.69, 9.17) is 5.73 Å². The molecular weight excluding hydrogens is 232 g/mol. The summed E-state index contributed by atoms with van der Waals surface area (Å²) < 4.78 is 0.228. The van der Waals surface area contributed by atoms with Crippen LogP contribution in [0.3, 0.4) is 0 Å². The fourth-order valence-electron chi connectivity index (χ4n) is 1.67. The zero-order valence-electron chi connectivity index (χ0n) is 9.82. The van der Waals surface area contributed by atoms with Crippen molar-refractivity contribution in [3.63, 3.8) is 0 Å². The summed E-state index contributed by atoms with van der Waals surface area (Å²) in [5.74, 6) is 0.0624. The van der Waals surface area contributed by atoms with E-state index in [9.17, 15) is 4.79 Å². The van der Waals surface area contributed by atoms with Crippen LogP contribution in [-0.2, 0) is 4.79 Å². The van der Waals surface area contributed by atoms with Crippen molar-refractivity contribution in [2.75, 3.05) is 13.1 Å². The molecule has 17 heavy (non-hydrogen) atoms. The first-order chi connectivity index (χ1) is 8.24. The maximum atomic E-state index is 11.4. The zero-order valence-corrected chi connectivity index (χ0v) is 10.6. The number of hydrogen-bond donors (Lipinski definition) is 2. The molecule has 1 amide bonds. The van der Waals surface area contributed by atoms with Gasteiger partial charge in [0.05, 0.1) is 0 Å². The predicted octanol–water partition coefficient (Wildman–Crippen LogP) is 1.78. The quantitative estimate of drug-likeness (QED) is 0.809. The van der Waals surface area contributed by atoms with Crippen molar-refractivity contribution in [1.82, 2.24) is 5.32 Å². The van der Waals surface area contributed by atoms with Crippen molar-refractivity contribution in [2.24, 2.45) is 5.73 Å². The third-order valence-corrected chi connectivity index (χ3v) is 4.36. The molecule has 0 aromatic heterocycles. The minimum absolute atomic E-state index is 0.0624. The minimum Gasteiger partial charge on any atom is -0.355 e. The Labute approximate surface area is 106 Å². The second-order valence-electron chi connectivity index (χ2n) is 4.41. The monoisotopic (exact) mass is 250 g/mol. The van der Waals surface area contributed by atoms with Gasteiger partial charge in [0, 0.05) is 29.2 Å². The van der Waals surface area contributed by atoms with Crippen LogP contribution in [-0.4, -0.2) is 23.7 Å². The molecule has 1 aliphatic carbocycles. The summed E-state index contributed by atoms with van der Waals surface area (Å²) in [6.07, 6.45) is 2.77. The molecule has 1 fully saturated rings. The molecule has 4 heteroatoms. The molecule has 0 bridgehead atoms. The molecule has 3 nitrogen and oxygen atoms in total. The fraction of sp³-hybridized carbons (Fsp3) is 0.462. The lowest BCUT2D eigenvalue weighted by atomic mass is 10.3. The van der Waals surface area contributed by atoms with Gasteiger partial charge in [-0.2, -0.15) is 0 Å². The van der Waals surface area contributed by atoms with Crippen LogP contribution < -0.4 is 11.1 Å². The van der Waals surface area contributed by atoms with E-state index in [1.165, 1.54) is 17.7 Å². The highest BCUT2D eigenvalue weighted by Gasteiger charge is 2.43. The molecular formula is C13H18N2OS. The van der Waals surface area contributed by atoms with Gasteiger partial charge < -0.3 is 11.1 Å². The Balaban J connectivity index is 1.82. The number of benzene rings is 1. The number of nitrogens with one attached hydrogen (secondary N) is 1. The van der Waals surface area contributed by atoms with Crippen LogP contribution in [0, 0.1) is 0 Å². The summed E-state index contributed by atoms with van der Waals surface area (Å²) in [6, 6.07) is 10.3. The molecule has 0 spiro atoms. The van der Waals surface area contributed by atoms with E-state index in [-0.39, 0.29) is 10.7 Å². The van der Waals surface area contributed by atoms with Crippen LogP contribution in [0.5, 0.6) is 0 Å². The normalized spacial score (nSPS) is 16.5. The number of nitrogens with two attached hydrogens (primary N) is 1. The van der Waals surface area contributed by atoms with E-state index in [1.807, 2.05) is 30.0 Å². The van der Waals surface area contributed by atoms with Gasteiger partial charge in [0.25, 0.3) is 0 Å². The lowest BCUT2D eigenvalue weighted by Gasteiger charge is -2.15. The second-order valence-corrected chi connectivity index (χ2v) is 5.96. The Bertz CT molecular complexity index is 376. The first kappa shape index (κ1) is 12.5. The van der Waals surface area contributed by atoms with E-state index in [0.29, 0.717) is 13.0 Å². The Hall–Kier alpha value is -1.00. The van der Waals surface area contributed by atoms with E-state index in [1.54, 1.807) is 0 Å². The molecule has 0 atom stereocenters. The second kappa shape index (κ2) is 5.56. The number of amides is 1. The first-order valence-corrected chi connectivity index (χ1v) is 6.77. The third kappa shape index (κ3) is 3.75. The summed E-state index contributed by atoms with van der Waals surface area (Å²) in [7, 11) is 0. The number of thioether (sulfide) groups is 1. The van der Waals surface area contributed by atoms with Gasteiger partial charge in [0.1, 0.15) is 0 Å². The SMILES string of the molecule is NCCC(=O)NCC1(Sc2ccccc2)CC1. The van der Waals surface area contributed by atoms with Crippen molar-refractivity contribution < 1.29 is 4.79 Å². The van der Waals surface area contributed by atoms with Gasteiger partial charge >= 0.3 is 0 Å². The molecule has 1 aliphatic rings. The van der Waals surface area contributed by atoms with Gasteiger partial charge in [-0.1, -0.05) is 18.2 Å². The Morgan fingerprint density at radius 2 is 2.06 bits per heavy atom. The van der Waals surface area contributed by atoms with Crippen LogP contribution >= 0.6 is 11.8 Å². The molecule has 0 heterocycles. The fourth-order valence-corrected chi connectivity index (χ4v) is 2.92. The van der Waals surface area contributed by atoms with Crippen molar-refractivity contribution >= 4 is 17.7 Å². The molecule has 1 saturated carbocycles. The number of carbonyl (C=O) groups is 1. The standard InChI is InChI=1S/C13H18N2OS/c14-9-6-12(16)15-10-13(7-8-13)17-11-4-2-1-3-5-11/h1-5H,6-10,14H2,(H,15,16). The Morgan fingerprint density at radius 1 is 1.35 bits per heavy atom. The van der Waals surface area contributed by atoms with Crippen LogP contribution in [0.15, 0.2) is 35.2 Å². The van der Waals surface area contributed by atoms with Gasteiger partial charge in [-0.15, -0.1) is 11.8 Å². The number of hydrogen-bond acceptors (Lipinski definition) is 3. The summed E-state index contributed by atoms with van der Waals surface area (Å²) >= 11 is 1.87. The van der Waals surface area contributed by atoms with Crippen molar-refractivity contribution in [3.05, 3.63) is 30.3 Å². The van der Waals surface area contributed by atoms with Gasteiger partial charge in [0.15, 0.2) is 0 Å². The van der Waals surface area contributed by atoms with Crippen LogP contribution in [0.4, 0.5) is 0 Å². The zero-order chi connectivity index (χ0) is 12.1. The topological polar surface area (TPSA) is 55.1 Å². The van der Waals surface area contributed by atoms with Crippen LogP contribution in [0.1, 0.15) is 19.3 Å². The van der Waals surface area contributed by atoms with Gasteiger partial charge in [-0.25, -0.2) is 0 Å². The summed E-state index contributed by atoms with van der Waals surface area (Å²) in [5, 5.41) is 2.97. The van der Waals surface area contributed by atoms with E-state index >= 15 is 0 Å². The van der Waals surface area contributed by atoms with Crippen molar-refractivity contribution in [2.45, 2.75) is 28.9 Å². The van der Waals surface area contributed by atoms with E-state index in [2.05, 4.69) is 17.4 Å². The first-order valence-electron chi connectivity index (χ1n) is 5.95. The third-order valence-electron chi connectivity index (χ3n) is 2.86. The lowest BCUT2D eigenvalue weighted by Crippen LogP contribution is -2.32. The van der Waals surface area contributed by atoms with Gasteiger partial charge in [-0.05, 0) is 25.0 Å².